The van der Waals surface area contributed by atoms with E-state index in [4.69, 9.17) is 0 Å². The number of benzene rings is 2. The van der Waals surface area contributed by atoms with Gasteiger partial charge in [-0.2, -0.15) is 0 Å². The largest absolute Gasteiger partial charge is 0.465 e. The molecule has 0 aromatic heterocycles. The third-order valence-corrected chi connectivity index (χ3v) is 5.44. The summed E-state index contributed by atoms with van der Waals surface area (Å²) in [4.78, 5) is 11.4. The average molecular weight is 377 g/mol. The summed E-state index contributed by atoms with van der Waals surface area (Å²) in [5, 5.41) is 10.4. The van der Waals surface area contributed by atoms with Crippen LogP contribution in [0.4, 0.5) is 0 Å². The van der Waals surface area contributed by atoms with Gasteiger partial charge in [0.2, 0.25) is 10.0 Å². The smallest absolute Gasteiger partial charge is 0.337 e. The van der Waals surface area contributed by atoms with Crippen LogP contribution in [0.1, 0.15) is 29.3 Å². The van der Waals surface area contributed by atoms with Crippen molar-refractivity contribution in [2.45, 2.75) is 30.3 Å². The molecule has 1 atom stereocenters. The number of sulfonamides is 1. The maximum Gasteiger partial charge on any atom is 0.337 e. The number of methoxy groups -OCH3 is 1. The summed E-state index contributed by atoms with van der Waals surface area (Å²) in [5.41, 5.74) is 0.157. The highest BCUT2D eigenvalue weighted by Crippen LogP contribution is 2.16. The van der Waals surface area contributed by atoms with E-state index in [1.165, 1.54) is 31.4 Å². The zero-order chi connectivity index (χ0) is 19.2. The molecule has 140 valence electrons. The molecule has 0 spiro atoms. The number of rotatable bonds is 8. The molecule has 0 heterocycles. The van der Waals surface area contributed by atoms with Crippen LogP contribution in [-0.4, -0.2) is 38.7 Å². The molecule has 2 aromatic carbocycles. The van der Waals surface area contributed by atoms with Crippen molar-refractivity contribution < 1.29 is 23.1 Å². The molecule has 6 nitrogen and oxygen atoms in total. The number of hydrogen-bond donors (Lipinski definition) is 2. The van der Waals surface area contributed by atoms with Gasteiger partial charge in [0.1, 0.15) is 0 Å². The number of aryl methyl sites for hydroxylation is 1. The predicted octanol–water partition coefficient (Wildman–Crippen LogP) is 2.14. The van der Waals surface area contributed by atoms with Crippen LogP contribution in [-0.2, 0) is 21.2 Å². The first kappa shape index (κ1) is 20.1. The first-order valence-electron chi connectivity index (χ1n) is 8.18. The number of ether oxygens (including phenoxy) is 1. The van der Waals surface area contributed by atoms with Crippen LogP contribution in [0.15, 0.2) is 59.5 Å². The van der Waals surface area contributed by atoms with Gasteiger partial charge in [-0.1, -0.05) is 30.3 Å². The number of esters is 1. The Hall–Kier alpha value is -2.22. The fourth-order valence-electron chi connectivity index (χ4n) is 2.37. The number of hydrogen-bond acceptors (Lipinski definition) is 5. The average Bonchev–Trinajstić information content (AvgIpc) is 2.65. The Kier molecular flexibility index (Phi) is 6.52. The summed E-state index contributed by atoms with van der Waals surface area (Å²) >= 11 is 0. The zero-order valence-electron chi connectivity index (χ0n) is 14.8. The molecular weight excluding hydrogens is 354 g/mol. The monoisotopic (exact) mass is 377 g/mol. The number of carbonyl (C=O) groups is 1. The molecule has 2 rings (SSSR count). The van der Waals surface area contributed by atoms with E-state index in [2.05, 4.69) is 9.46 Å². The van der Waals surface area contributed by atoms with Crippen LogP contribution in [0.2, 0.25) is 0 Å². The molecule has 0 aliphatic rings. The summed E-state index contributed by atoms with van der Waals surface area (Å²) in [7, 11) is -2.53. The third kappa shape index (κ3) is 5.66. The van der Waals surface area contributed by atoms with Gasteiger partial charge >= 0.3 is 5.97 Å². The molecule has 1 unspecified atom stereocenters. The Balaban J connectivity index is 1.96. The van der Waals surface area contributed by atoms with Gasteiger partial charge in [-0.05, 0) is 49.6 Å². The SMILES string of the molecule is COC(=O)c1ccc(S(=O)(=O)NCC(C)(O)CCc2ccccc2)cc1. The summed E-state index contributed by atoms with van der Waals surface area (Å²) < 4.78 is 31.7. The molecule has 0 saturated heterocycles. The highest BCUT2D eigenvalue weighted by molar-refractivity contribution is 7.89. The highest BCUT2D eigenvalue weighted by Gasteiger charge is 2.24. The Morgan fingerprint density at radius 3 is 2.31 bits per heavy atom. The fraction of sp³-hybridized carbons (Fsp3) is 0.316. The van der Waals surface area contributed by atoms with Crippen LogP contribution in [0.5, 0.6) is 0 Å². The van der Waals surface area contributed by atoms with Crippen molar-refractivity contribution in [1.82, 2.24) is 4.72 Å². The summed E-state index contributed by atoms with van der Waals surface area (Å²) in [6, 6.07) is 15.1. The lowest BCUT2D eigenvalue weighted by atomic mass is 9.97. The number of aliphatic hydroxyl groups is 1. The molecule has 2 N–H and O–H groups in total. The van der Waals surface area contributed by atoms with Crippen molar-refractivity contribution in [3.05, 3.63) is 65.7 Å². The summed E-state index contributed by atoms with van der Waals surface area (Å²) in [6.45, 7) is 1.49. The Bertz CT molecular complexity index is 830. The van der Waals surface area contributed by atoms with Gasteiger partial charge in [-0.25, -0.2) is 17.9 Å². The Morgan fingerprint density at radius 2 is 1.73 bits per heavy atom. The van der Waals surface area contributed by atoms with Crippen LogP contribution < -0.4 is 4.72 Å². The van der Waals surface area contributed by atoms with Crippen molar-refractivity contribution in [2.24, 2.45) is 0 Å². The number of nitrogens with one attached hydrogen (secondary N) is 1. The minimum absolute atomic E-state index is 0.0176. The molecule has 0 fully saturated rings. The predicted molar refractivity (Wildman–Crippen MR) is 98.4 cm³/mol. The molecule has 2 aromatic rings. The molecule has 7 heteroatoms. The maximum absolute atomic E-state index is 12.4. The summed E-state index contributed by atoms with van der Waals surface area (Å²) in [6.07, 6.45) is 1.06. The molecule has 0 aliphatic carbocycles. The standard InChI is InChI=1S/C19H23NO5S/c1-19(22,13-12-15-6-4-3-5-7-15)14-20-26(23,24)17-10-8-16(9-11-17)18(21)25-2/h3-11,20,22H,12-14H2,1-2H3. The van der Waals surface area contributed by atoms with Gasteiger partial charge in [0.15, 0.2) is 0 Å². The van der Waals surface area contributed by atoms with Gasteiger partial charge in [-0.3, -0.25) is 0 Å². The normalized spacial score (nSPS) is 13.8. The van der Waals surface area contributed by atoms with Crippen LogP contribution >= 0.6 is 0 Å². The number of carbonyl (C=O) groups excluding carboxylic acids is 1. The van der Waals surface area contributed by atoms with E-state index in [9.17, 15) is 18.3 Å². The molecule has 0 amide bonds. The van der Waals surface area contributed by atoms with Gasteiger partial charge < -0.3 is 9.84 Å². The van der Waals surface area contributed by atoms with Crippen LogP contribution in [0, 0.1) is 0 Å². The molecule has 0 bridgehead atoms. The highest BCUT2D eigenvalue weighted by atomic mass is 32.2. The molecule has 0 aliphatic heterocycles. The Morgan fingerprint density at radius 1 is 1.12 bits per heavy atom. The van der Waals surface area contributed by atoms with Crippen molar-refractivity contribution in [1.29, 1.82) is 0 Å². The minimum atomic E-state index is -3.79. The van der Waals surface area contributed by atoms with Crippen LogP contribution in [0.25, 0.3) is 0 Å². The van der Waals surface area contributed by atoms with E-state index in [0.717, 1.165) is 5.56 Å². The first-order valence-corrected chi connectivity index (χ1v) is 9.66. The van der Waals surface area contributed by atoms with Crippen molar-refractivity contribution in [3.63, 3.8) is 0 Å². The van der Waals surface area contributed by atoms with Gasteiger partial charge in [0.25, 0.3) is 0 Å². The van der Waals surface area contributed by atoms with Crippen molar-refractivity contribution in [2.75, 3.05) is 13.7 Å². The van der Waals surface area contributed by atoms with E-state index in [0.29, 0.717) is 12.8 Å². The second-order valence-electron chi connectivity index (χ2n) is 6.32. The molecule has 26 heavy (non-hydrogen) atoms. The van der Waals surface area contributed by atoms with Gasteiger partial charge in [0, 0.05) is 6.54 Å². The topological polar surface area (TPSA) is 92.7 Å². The maximum atomic E-state index is 12.4. The lowest BCUT2D eigenvalue weighted by molar-refractivity contribution is 0.0564. The first-order chi connectivity index (χ1) is 12.2. The van der Waals surface area contributed by atoms with Crippen LogP contribution in [0.3, 0.4) is 0 Å². The van der Waals surface area contributed by atoms with Gasteiger partial charge in [-0.15, -0.1) is 0 Å². The van der Waals surface area contributed by atoms with Gasteiger partial charge in [0.05, 0.1) is 23.2 Å². The quantitative estimate of drug-likeness (QED) is 0.688. The zero-order valence-corrected chi connectivity index (χ0v) is 15.6. The van der Waals surface area contributed by atoms with Crippen molar-refractivity contribution in [3.8, 4) is 0 Å². The lowest BCUT2D eigenvalue weighted by Gasteiger charge is -2.23. The van der Waals surface area contributed by atoms with E-state index >= 15 is 0 Å². The van der Waals surface area contributed by atoms with E-state index < -0.39 is 21.6 Å². The second-order valence-corrected chi connectivity index (χ2v) is 8.09. The third-order valence-electron chi connectivity index (χ3n) is 4.02. The minimum Gasteiger partial charge on any atom is -0.465 e. The lowest BCUT2D eigenvalue weighted by Crippen LogP contribution is -2.40. The van der Waals surface area contributed by atoms with E-state index in [-0.39, 0.29) is 17.0 Å². The fourth-order valence-corrected chi connectivity index (χ4v) is 3.53. The molecule has 0 radical (unpaired) electrons. The summed E-state index contributed by atoms with van der Waals surface area (Å²) in [5.74, 6) is -0.536. The van der Waals surface area contributed by atoms with E-state index in [1.807, 2.05) is 30.3 Å². The molecule has 0 saturated carbocycles. The molecular formula is C19H23NO5S. The second kappa shape index (κ2) is 8.44. The Labute approximate surface area is 153 Å². The van der Waals surface area contributed by atoms with E-state index in [1.54, 1.807) is 6.92 Å². The van der Waals surface area contributed by atoms with Crippen molar-refractivity contribution >= 4 is 16.0 Å².